The van der Waals surface area contributed by atoms with Crippen LogP contribution in [-0.4, -0.2) is 33.1 Å². The molecule has 0 radical (unpaired) electrons. The Kier molecular flexibility index (Phi) is 6.15. The van der Waals surface area contributed by atoms with E-state index in [4.69, 9.17) is 0 Å². The molecule has 18 heavy (non-hydrogen) atoms. The lowest BCUT2D eigenvalue weighted by molar-refractivity contribution is -0.119. The minimum absolute atomic E-state index is 0.0206. The molecule has 2 N–H and O–H groups in total. The molecule has 0 spiro atoms. The lowest BCUT2D eigenvalue weighted by atomic mass is 10.1. The number of nitrogens with one attached hydrogen (secondary N) is 2. The molecule has 1 aromatic rings. The number of hydrogen-bond acceptors (Lipinski definition) is 3. The number of likely N-dealkylation sites (N-methyl/N-ethyl adjacent to an activating group) is 2. The van der Waals surface area contributed by atoms with Crippen molar-refractivity contribution in [1.29, 1.82) is 0 Å². The fourth-order valence-corrected chi connectivity index (χ4v) is 2.14. The normalized spacial score (nSPS) is 10.2. The molecule has 0 unspecified atom stereocenters. The molecule has 0 saturated heterocycles. The lowest BCUT2D eigenvalue weighted by Gasteiger charge is -2.25. The predicted molar refractivity (Wildman–Crippen MR) is 78.9 cm³/mol. The third kappa shape index (κ3) is 3.99. The van der Waals surface area contributed by atoms with Crippen molar-refractivity contribution < 1.29 is 4.79 Å². The summed E-state index contributed by atoms with van der Waals surface area (Å²) < 4.78 is 1.02. The summed E-state index contributed by atoms with van der Waals surface area (Å²) in [6.07, 6.45) is 0. The number of carbonyl (C=O) groups excluding carboxylic acids is 1. The van der Waals surface area contributed by atoms with Crippen LogP contribution in [0.5, 0.6) is 0 Å². The highest BCUT2D eigenvalue weighted by Crippen LogP contribution is 2.25. The number of benzene rings is 1. The zero-order chi connectivity index (χ0) is 13.5. The van der Waals surface area contributed by atoms with Gasteiger partial charge >= 0.3 is 0 Å². The summed E-state index contributed by atoms with van der Waals surface area (Å²) in [7, 11) is 3.58. The highest BCUT2D eigenvalue weighted by Gasteiger charge is 2.13. The first-order chi connectivity index (χ1) is 8.62. The van der Waals surface area contributed by atoms with Gasteiger partial charge in [0.05, 0.1) is 6.54 Å². The topological polar surface area (TPSA) is 44.4 Å². The first kappa shape index (κ1) is 15.0. The van der Waals surface area contributed by atoms with Crippen molar-refractivity contribution in [3.8, 4) is 0 Å². The van der Waals surface area contributed by atoms with Gasteiger partial charge in [-0.15, -0.1) is 0 Å². The molecule has 0 bridgehead atoms. The summed E-state index contributed by atoms with van der Waals surface area (Å²) in [4.78, 5) is 13.6. The minimum atomic E-state index is 0.0206. The zero-order valence-electron chi connectivity index (χ0n) is 11.1. The third-order valence-electron chi connectivity index (χ3n) is 2.75. The largest absolute Gasteiger partial charge is 0.362 e. The van der Waals surface area contributed by atoms with Crippen molar-refractivity contribution in [2.24, 2.45) is 0 Å². The van der Waals surface area contributed by atoms with Gasteiger partial charge in [-0.1, -0.05) is 22.0 Å². The van der Waals surface area contributed by atoms with E-state index in [9.17, 15) is 4.79 Å². The molecule has 0 aliphatic heterocycles. The monoisotopic (exact) mass is 313 g/mol. The number of nitrogens with zero attached hydrogens (tertiary/aromatic N) is 1. The maximum Gasteiger partial charge on any atom is 0.239 e. The highest BCUT2D eigenvalue weighted by molar-refractivity contribution is 9.10. The number of amides is 1. The minimum Gasteiger partial charge on any atom is -0.362 e. The Labute approximate surface area is 117 Å². The molecule has 0 aromatic heterocycles. The molecule has 4 nitrogen and oxygen atoms in total. The van der Waals surface area contributed by atoms with E-state index in [0.717, 1.165) is 23.2 Å². The number of halogens is 1. The summed E-state index contributed by atoms with van der Waals surface area (Å²) >= 11 is 3.48. The number of rotatable bonds is 6. The van der Waals surface area contributed by atoms with Gasteiger partial charge in [0, 0.05) is 30.3 Å². The van der Waals surface area contributed by atoms with Gasteiger partial charge in [0.25, 0.3) is 0 Å². The van der Waals surface area contributed by atoms with Gasteiger partial charge < -0.3 is 15.5 Å². The van der Waals surface area contributed by atoms with Crippen molar-refractivity contribution in [2.45, 2.75) is 13.5 Å². The maximum absolute atomic E-state index is 11.5. The Hall–Kier alpha value is -1.07. The summed E-state index contributed by atoms with van der Waals surface area (Å²) in [5.74, 6) is 0.0206. The van der Waals surface area contributed by atoms with E-state index in [1.54, 1.807) is 7.05 Å². The van der Waals surface area contributed by atoms with Gasteiger partial charge in [-0.05, 0) is 31.7 Å². The quantitative estimate of drug-likeness (QED) is 0.841. The Balaban J connectivity index is 3.02. The summed E-state index contributed by atoms with van der Waals surface area (Å²) in [6, 6.07) is 6.14. The second-order valence-electron chi connectivity index (χ2n) is 3.99. The summed E-state index contributed by atoms with van der Waals surface area (Å²) in [6.45, 7) is 4.00. The van der Waals surface area contributed by atoms with Crippen LogP contribution in [0.15, 0.2) is 22.7 Å². The van der Waals surface area contributed by atoms with Crippen LogP contribution in [0.3, 0.4) is 0 Å². The highest BCUT2D eigenvalue weighted by atomic mass is 79.9. The van der Waals surface area contributed by atoms with Crippen LogP contribution in [0.1, 0.15) is 12.5 Å². The van der Waals surface area contributed by atoms with Gasteiger partial charge in [-0.2, -0.15) is 0 Å². The Bertz CT molecular complexity index is 409. The Morgan fingerprint density at radius 1 is 1.39 bits per heavy atom. The average molecular weight is 314 g/mol. The molecular formula is C13H20BrN3O. The van der Waals surface area contributed by atoms with Crippen LogP contribution < -0.4 is 15.5 Å². The molecule has 0 heterocycles. The molecule has 0 fully saturated rings. The molecule has 0 aliphatic carbocycles. The Morgan fingerprint density at radius 3 is 2.67 bits per heavy atom. The van der Waals surface area contributed by atoms with Crippen molar-refractivity contribution in [2.75, 3.05) is 32.1 Å². The Morgan fingerprint density at radius 2 is 2.11 bits per heavy atom. The van der Waals surface area contributed by atoms with Crippen LogP contribution in [-0.2, 0) is 11.3 Å². The maximum atomic E-state index is 11.5. The van der Waals surface area contributed by atoms with E-state index in [2.05, 4.69) is 43.6 Å². The van der Waals surface area contributed by atoms with Crippen molar-refractivity contribution in [3.63, 3.8) is 0 Å². The van der Waals surface area contributed by atoms with Gasteiger partial charge in [-0.25, -0.2) is 0 Å². The van der Waals surface area contributed by atoms with Crippen LogP contribution in [0.25, 0.3) is 0 Å². The third-order valence-corrected chi connectivity index (χ3v) is 3.24. The second-order valence-corrected chi connectivity index (χ2v) is 4.91. The first-order valence-electron chi connectivity index (χ1n) is 6.00. The fourth-order valence-electron chi connectivity index (χ4n) is 1.79. The summed E-state index contributed by atoms with van der Waals surface area (Å²) in [5.41, 5.74) is 2.27. The fraction of sp³-hybridized carbons (Fsp3) is 0.462. The number of hydrogen-bond donors (Lipinski definition) is 2. The number of carbonyl (C=O) groups is 1. The zero-order valence-corrected chi connectivity index (χ0v) is 12.7. The van der Waals surface area contributed by atoms with Crippen LogP contribution in [0, 0.1) is 0 Å². The molecule has 5 heteroatoms. The van der Waals surface area contributed by atoms with Crippen LogP contribution in [0.4, 0.5) is 5.69 Å². The number of anilines is 1. The van der Waals surface area contributed by atoms with Crippen molar-refractivity contribution in [3.05, 3.63) is 28.2 Å². The summed E-state index contributed by atoms with van der Waals surface area (Å²) in [5, 5.41) is 5.81. The molecule has 0 atom stereocenters. The molecule has 0 aliphatic rings. The van der Waals surface area contributed by atoms with Gasteiger partial charge in [0.15, 0.2) is 0 Å². The molecule has 1 amide bonds. The predicted octanol–water partition coefficient (Wildman–Crippen LogP) is 1.74. The lowest BCUT2D eigenvalue weighted by Crippen LogP contribution is -2.36. The van der Waals surface area contributed by atoms with Crippen LogP contribution >= 0.6 is 15.9 Å². The molecule has 0 saturated carbocycles. The SMILES string of the molecule is CCN(CC(=O)NC)c1cc(Br)ccc1CNC. The van der Waals surface area contributed by atoms with E-state index in [1.807, 2.05) is 20.0 Å². The second kappa shape index (κ2) is 7.38. The van der Waals surface area contributed by atoms with Gasteiger partial charge in [0.2, 0.25) is 5.91 Å². The van der Waals surface area contributed by atoms with E-state index in [0.29, 0.717) is 6.54 Å². The molecular weight excluding hydrogens is 294 g/mol. The average Bonchev–Trinajstić information content (AvgIpc) is 2.38. The molecule has 1 rings (SSSR count). The van der Waals surface area contributed by atoms with Gasteiger partial charge in [0.1, 0.15) is 0 Å². The smallest absolute Gasteiger partial charge is 0.239 e. The van der Waals surface area contributed by atoms with E-state index >= 15 is 0 Å². The van der Waals surface area contributed by atoms with Crippen LogP contribution in [0.2, 0.25) is 0 Å². The van der Waals surface area contributed by atoms with Gasteiger partial charge in [-0.3, -0.25) is 4.79 Å². The molecule has 1 aromatic carbocycles. The van der Waals surface area contributed by atoms with Crippen molar-refractivity contribution in [1.82, 2.24) is 10.6 Å². The molecule has 100 valence electrons. The van der Waals surface area contributed by atoms with E-state index in [1.165, 1.54) is 5.56 Å². The van der Waals surface area contributed by atoms with E-state index < -0.39 is 0 Å². The standard InChI is InChI=1S/C13H20BrN3O/c1-4-17(9-13(18)16-3)12-7-11(14)6-5-10(12)8-15-2/h5-7,15H,4,8-9H2,1-3H3,(H,16,18). The van der Waals surface area contributed by atoms with Crippen molar-refractivity contribution >= 4 is 27.5 Å². The first-order valence-corrected chi connectivity index (χ1v) is 6.80. The van der Waals surface area contributed by atoms with E-state index in [-0.39, 0.29) is 5.91 Å².